The van der Waals surface area contributed by atoms with Crippen molar-refractivity contribution in [3.05, 3.63) is 17.8 Å². The molecule has 19 heavy (non-hydrogen) atoms. The van der Waals surface area contributed by atoms with Crippen molar-refractivity contribution >= 4 is 5.96 Å². The maximum Gasteiger partial charge on any atom is 0.255 e. The average molecular weight is 274 g/mol. The highest BCUT2D eigenvalue weighted by molar-refractivity contribution is 5.79. The largest absolute Gasteiger partial charge is 0.443 e. The van der Waals surface area contributed by atoms with Crippen LogP contribution in [-0.4, -0.2) is 31.0 Å². The van der Waals surface area contributed by atoms with Gasteiger partial charge in [-0.1, -0.05) is 20.8 Å². The van der Waals surface area contributed by atoms with E-state index in [0.29, 0.717) is 12.4 Å². The van der Waals surface area contributed by atoms with E-state index in [9.17, 15) is 8.78 Å². The molecule has 2 N–H and O–H groups in total. The van der Waals surface area contributed by atoms with Crippen LogP contribution in [0.5, 0.6) is 0 Å². The molecule has 0 unspecified atom stereocenters. The molecule has 0 aromatic carbocycles. The van der Waals surface area contributed by atoms with E-state index in [4.69, 9.17) is 4.42 Å². The Morgan fingerprint density at radius 3 is 2.58 bits per heavy atom. The van der Waals surface area contributed by atoms with Crippen LogP contribution in [0.15, 0.2) is 15.6 Å². The Bertz CT molecular complexity index is 424. The fraction of sp³-hybridized carbons (Fsp3) is 0.667. The standard InChI is InChI=1S/C12H20F2N4O/c1-12(2,3)8-5-16-10(19-8)7-18-11(15-4)17-6-9(13)14/h5,9H,6-7H2,1-4H3,(H2,15,17,18). The fourth-order valence-corrected chi connectivity index (χ4v) is 1.29. The topological polar surface area (TPSA) is 62.5 Å². The summed E-state index contributed by atoms with van der Waals surface area (Å²) in [7, 11) is 1.51. The molecule has 1 aromatic heterocycles. The van der Waals surface area contributed by atoms with Crippen molar-refractivity contribution in [2.75, 3.05) is 13.6 Å². The first-order valence-corrected chi connectivity index (χ1v) is 6.00. The molecule has 7 heteroatoms. The Morgan fingerprint density at radius 2 is 2.11 bits per heavy atom. The quantitative estimate of drug-likeness (QED) is 0.650. The minimum absolute atomic E-state index is 0.110. The molecule has 1 heterocycles. The summed E-state index contributed by atoms with van der Waals surface area (Å²) in [5.41, 5.74) is -0.110. The number of oxazole rings is 1. The molecule has 1 aromatic rings. The second-order valence-electron chi connectivity index (χ2n) is 5.07. The Hall–Kier alpha value is -1.66. The van der Waals surface area contributed by atoms with Gasteiger partial charge in [0.15, 0.2) is 5.96 Å². The fourth-order valence-electron chi connectivity index (χ4n) is 1.29. The number of alkyl halides is 2. The van der Waals surface area contributed by atoms with Gasteiger partial charge in [0, 0.05) is 12.5 Å². The summed E-state index contributed by atoms with van der Waals surface area (Å²) in [6, 6.07) is 0. The van der Waals surface area contributed by atoms with Gasteiger partial charge >= 0.3 is 0 Å². The third-order valence-electron chi connectivity index (χ3n) is 2.35. The van der Waals surface area contributed by atoms with Crippen LogP contribution in [0.4, 0.5) is 8.78 Å². The number of hydrogen-bond acceptors (Lipinski definition) is 3. The van der Waals surface area contributed by atoms with Crippen LogP contribution in [0.3, 0.4) is 0 Å². The zero-order valence-electron chi connectivity index (χ0n) is 11.6. The van der Waals surface area contributed by atoms with Gasteiger partial charge in [0.2, 0.25) is 5.89 Å². The average Bonchev–Trinajstić information content (AvgIpc) is 2.77. The van der Waals surface area contributed by atoms with E-state index in [1.165, 1.54) is 7.05 Å². The lowest BCUT2D eigenvalue weighted by atomic mass is 9.94. The number of hydrogen-bond donors (Lipinski definition) is 2. The predicted molar refractivity (Wildman–Crippen MR) is 69.4 cm³/mol. The number of nitrogens with zero attached hydrogens (tertiary/aromatic N) is 2. The molecule has 0 fully saturated rings. The summed E-state index contributed by atoms with van der Waals surface area (Å²) in [6.45, 7) is 5.91. The van der Waals surface area contributed by atoms with Gasteiger partial charge in [-0.15, -0.1) is 0 Å². The van der Waals surface area contributed by atoms with E-state index in [-0.39, 0.29) is 11.4 Å². The van der Waals surface area contributed by atoms with Gasteiger partial charge in [0.05, 0.1) is 19.3 Å². The molecule has 0 bridgehead atoms. The molecule has 5 nitrogen and oxygen atoms in total. The first-order chi connectivity index (χ1) is 8.82. The van der Waals surface area contributed by atoms with Crippen molar-refractivity contribution in [3.8, 4) is 0 Å². The van der Waals surface area contributed by atoms with Crippen molar-refractivity contribution in [2.45, 2.75) is 39.2 Å². The van der Waals surface area contributed by atoms with Gasteiger partial charge < -0.3 is 15.1 Å². The predicted octanol–water partition coefficient (Wildman–Crippen LogP) is 1.90. The van der Waals surface area contributed by atoms with Crippen LogP contribution in [0.2, 0.25) is 0 Å². The van der Waals surface area contributed by atoms with Crippen molar-refractivity contribution < 1.29 is 13.2 Å². The van der Waals surface area contributed by atoms with Crippen LogP contribution in [0.25, 0.3) is 0 Å². The highest BCUT2D eigenvalue weighted by Crippen LogP contribution is 2.22. The highest BCUT2D eigenvalue weighted by Gasteiger charge is 2.19. The molecule has 0 aliphatic carbocycles. The van der Waals surface area contributed by atoms with Crippen LogP contribution in [0.1, 0.15) is 32.4 Å². The van der Waals surface area contributed by atoms with Crippen LogP contribution in [0, 0.1) is 0 Å². The lowest BCUT2D eigenvalue weighted by Crippen LogP contribution is -2.39. The molecule has 0 radical (unpaired) electrons. The van der Waals surface area contributed by atoms with Gasteiger partial charge in [0.1, 0.15) is 5.76 Å². The third kappa shape index (κ3) is 5.23. The van der Waals surface area contributed by atoms with E-state index in [0.717, 1.165) is 5.76 Å². The Balaban J connectivity index is 2.49. The number of nitrogens with one attached hydrogen (secondary N) is 2. The summed E-state index contributed by atoms with van der Waals surface area (Å²) in [5, 5.41) is 5.35. The van der Waals surface area contributed by atoms with E-state index in [1.54, 1.807) is 6.20 Å². The second-order valence-corrected chi connectivity index (χ2v) is 5.07. The second kappa shape index (κ2) is 6.49. The summed E-state index contributed by atoms with van der Waals surface area (Å²) < 4.78 is 29.7. The lowest BCUT2D eigenvalue weighted by Gasteiger charge is -2.13. The Labute approximate surface area is 111 Å². The number of aromatic nitrogens is 1. The van der Waals surface area contributed by atoms with Gasteiger partial charge in [0.25, 0.3) is 6.43 Å². The van der Waals surface area contributed by atoms with E-state index in [1.807, 2.05) is 20.8 Å². The SMILES string of the molecule is CN=C(NCc1ncc(C(C)(C)C)o1)NCC(F)F. The minimum Gasteiger partial charge on any atom is -0.443 e. The molecule has 108 valence electrons. The normalized spacial score (nSPS) is 12.9. The highest BCUT2D eigenvalue weighted by atomic mass is 19.3. The zero-order valence-corrected chi connectivity index (χ0v) is 11.6. The minimum atomic E-state index is -2.42. The molecular weight excluding hydrogens is 254 g/mol. The molecule has 1 rings (SSSR count). The maximum atomic E-state index is 12.1. The first-order valence-electron chi connectivity index (χ1n) is 6.00. The number of halogens is 2. The van der Waals surface area contributed by atoms with Gasteiger partial charge in [-0.2, -0.15) is 0 Å². The Kier molecular flexibility index (Phi) is 5.26. The number of guanidine groups is 1. The van der Waals surface area contributed by atoms with Gasteiger partial charge in [-0.25, -0.2) is 13.8 Å². The summed E-state index contributed by atoms with van der Waals surface area (Å²) in [4.78, 5) is 7.95. The van der Waals surface area contributed by atoms with Crippen LogP contribution >= 0.6 is 0 Å². The van der Waals surface area contributed by atoms with Crippen LogP contribution < -0.4 is 10.6 Å². The van der Waals surface area contributed by atoms with E-state index >= 15 is 0 Å². The molecule has 0 atom stereocenters. The lowest BCUT2D eigenvalue weighted by molar-refractivity contribution is 0.152. The number of rotatable bonds is 4. The van der Waals surface area contributed by atoms with E-state index < -0.39 is 13.0 Å². The molecule has 0 spiro atoms. The maximum absolute atomic E-state index is 12.1. The molecule has 0 aliphatic rings. The first kappa shape index (κ1) is 15.4. The summed E-state index contributed by atoms with van der Waals surface area (Å²) in [6.07, 6.45) is -0.750. The molecule has 0 saturated carbocycles. The number of aliphatic imine (C=N–C) groups is 1. The zero-order chi connectivity index (χ0) is 14.5. The molecule has 0 amide bonds. The van der Waals surface area contributed by atoms with Gasteiger partial charge in [-0.05, 0) is 0 Å². The third-order valence-corrected chi connectivity index (χ3v) is 2.35. The summed E-state index contributed by atoms with van der Waals surface area (Å²) >= 11 is 0. The van der Waals surface area contributed by atoms with E-state index in [2.05, 4.69) is 20.6 Å². The van der Waals surface area contributed by atoms with Crippen molar-refractivity contribution in [2.24, 2.45) is 4.99 Å². The molecule has 0 aliphatic heterocycles. The smallest absolute Gasteiger partial charge is 0.255 e. The monoisotopic (exact) mass is 274 g/mol. The van der Waals surface area contributed by atoms with Gasteiger partial charge in [-0.3, -0.25) is 4.99 Å². The Morgan fingerprint density at radius 1 is 1.42 bits per heavy atom. The van der Waals surface area contributed by atoms with Crippen molar-refractivity contribution in [1.29, 1.82) is 0 Å². The van der Waals surface area contributed by atoms with Crippen molar-refractivity contribution in [1.82, 2.24) is 15.6 Å². The molecule has 0 saturated heterocycles. The molecular formula is C12H20F2N4O. The van der Waals surface area contributed by atoms with Crippen LogP contribution in [-0.2, 0) is 12.0 Å². The van der Waals surface area contributed by atoms with Crippen molar-refractivity contribution in [3.63, 3.8) is 0 Å². The summed E-state index contributed by atoms with van der Waals surface area (Å²) in [5.74, 6) is 1.56.